The molecule has 0 spiro atoms. The second kappa shape index (κ2) is 4.23. The van der Waals surface area contributed by atoms with Gasteiger partial charge in [0.15, 0.2) is 5.65 Å². The van der Waals surface area contributed by atoms with Gasteiger partial charge in [-0.3, -0.25) is 4.68 Å². The van der Waals surface area contributed by atoms with Gasteiger partial charge >= 0.3 is 0 Å². The van der Waals surface area contributed by atoms with Gasteiger partial charge in [0, 0.05) is 20.1 Å². The molecule has 0 aliphatic heterocycles. The van der Waals surface area contributed by atoms with E-state index in [2.05, 4.69) is 27.0 Å². The molecular weight excluding hydrogens is 226 g/mol. The van der Waals surface area contributed by atoms with Gasteiger partial charge in [0.25, 0.3) is 0 Å². The minimum Gasteiger partial charge on any atom is -0.356 e. The number of rotatable bonds is 2. The average molecular weight is 245 g/mol. The van der Waals surface area contributed by atoms with Crippen LogP contribution in [0.3, 0.4) is 0 Å². The highest BCUT2D eigenvalue weighted by Crippen LogP contribution is 2.29. The van der Waals surface area contributed by atoms with Crippen molar-refractivity contribution < 1.29 is 0 Å². The van der Waals surface area contributed by atoms with Crippen molar-refractivity contribution >= 4 is 16.9 Å². The summed E-state index contributed by atoms with van der Waals surface area (Å²) in [5.41, 5.74) is 0.919. The molecule has 2 aromatic rings. The third-order valence-electron chi connectivity index (χ3n) is 3.89. The van der Waals surface area contributed by atoms with E-state index in [1.165, 1.54) is 25.7 Å². The fourth-order valence-corrected chi connectivity index (χ4v) is 2.85. The van der Waals surface area contributed by atoms with E-state index in [1.54, 1.807) is 0 Å². The van der Waals surface area contributed by atoms with Gasteiger partial charge in [-0.05, 0) is 19.8 Å². The van der Waals surface area contributed by atoms with Crippen LogP contribution < -0.4 is 4.90 Å². The van der Waals surface area contributed by atoms with Gasteiger partial charge in [-0.1, -0.05) is 12.8 Å². The first-order chi connectivity index (χ1) is 8.66. The Balaban J connectivity index is 2.09. The molecule has 2 aromatic heterocycles. The van der Waals surface area contributed by atoms with Crippen LogP contribution in [0.25, 0.3) is 11.0 Å². The number of aromatic nitrogens is 4. The number of hydrogen-bond acceptors (Lipinski definition) is 4. The Morgan fingerprint density at radius 2 is 2.00 bits per heavy atom. The summed E-state index contributed by atoms with van der Waals surface area (Å²) in [7, 11) is 4.07. The maximum atomic E-state index is 4.62. The first-order valence-corrected chi connectivity index (χ1v) is 6.56. The Kier molecular flexibility index (Phi) is 2.69. The first-order valence-electron chi connectivity index (χ1n) is 6.56. The Morgan fingerprint density at radius 3 is 2.72 bits per heavy atom. The summed E-state index contributed by atoms with van der Waals surface area (Å²) in [6, 6.07) is 0.614. The quantitative estimate of drug-likeness (QED) is 0.812. The number of aryl methyl sites for hydroxylation is 2. The fourth-order valence-electron chi connectivity index (χ4n) is 2.85. The summed E-state index contributed by atoms with van der Waals surface area (Å²) >= 11 is 0. The zero-order valence-corrected chi connectivity index (χ0v) is 11.2. The van der Waals surface area contributed by atoms with Crippen molar-refractivity contribution in [1.82, 2.24) is 19.7 Å². The molecule has 0 unspecified atom stereocenters. The van der Waals surface area contributed by atoms with Gasteiger partial charge in [0.2, 0.25) is 0 Å². The van der Waals surface area contributed by atoms with Crippen LogP contribution in [0.5, 0.6) is 0 Å². The number of anilines is 1. The number of fused-ring (bicyclic) bond motifs is 1. The molecule has 1 aliphatic carbocycles. The van der Waals surface area contributed by atoms with Gasteiger partial charge in [-0.25, -0.2) is 9.97 Å². The van der Waals surface area contributed by atoms with Gasteiger partial charge in [0.05, 0.1) is 11.6 Å². The molecule has 18 heavy (non-hydrogen) atoms. The Bertz CT molecular complexity index is 568. The van der Waals surface area contributed by atoms with E-state index >= 15 is 0 Å². The number of hydrogen-bond donors (Lipinski definition) is 0. The maximum Gasteiger partial charge on any atom is 0.163 e. The summed E-state index contributed by atoms with van der Waals surface area (Å²) in [5, 5.41) is 5.35. The molecule has 0 saturated heterocycles. The van der Waals surface area contributed by atoms with Crippen molar-refractivity contribution in [1.29, 1.82) is 0 Å². The third-order valence-corrected chi connectivity index (χ3v) is 3.89. The molecule has 96 valence electrons. The monoisotopic (exact) mass is 245 g/mol. The zero-order valence-electron chi connectivity index (χ0n) is 11.2. The largest absolute Gasteiger partial charge is 0.356 e. The summed E-state index contributed by atoms with van der Waals surface area (Å²) in [4.78, 5) is 11.4. The lowest BCUT2D eigenvalue weighted by atomic mass is 10.2. The molecule has 2 heterocycles. The highest BCUT2D eigenvalue weighted by atomic mass is 15.3. The summed E-state index contributed by atoms with van der Waals surface area (Å²) < 4.78 is 1.82. The van der Waals surface area contributed by atoms with Gasteiger partial charge in [-0.2, -0.15) is 5.10 Å². The predicted octanol–water partition coefficient (Wildman–Crippen LogP) is 2.05. The third kappa shape index (κ3) is 1.74. The smallest absolute Gasteiger partial charge is 0.163 e. The van der Waals surface area contributed by atoms with Crippen molar-refractivity contribution in [2.45, 2.75) is 38.6 Å². The Hall–Kier alpha value is -1.65. The van der Waals surface area contributed by atoms with Crippen LogP contribution >= 0.6 is 0 Å². The predicted molar refractivity (Wildman–Crippen MR) is 71.7 cm³/mol. The molecule has 1 fully saturated rings. The minimum absolute atomic E-state index is 0.614. The van der Waals surface area contributed by atoms with Crippen molar-refractivity contribution in [2.24, 2.45) is 7.05 Å². The second-order valence-corrected chi connectivity index (χ2v) is 5.15. The van der Waals surface area contributed by atoms with E-state index in [1.807, 2.05) is 24.9 Å². The van der Waals surface area contributed by atoms with Crippen LogP contribution in [0.4, 0.5) is 5.82 Å². The molecule has 0 bridgehead atoms. The fraction of sp³-hybridized carbons (Fsp3) is 0.615. The lowest BCUT2D eigenvalue weighted by Gasteiger charge is -2.26. The molecular formula is C13H19N5. The van der Waals surface area contributed by atoms with E-state index < -0.39 is 0 Å². The van der Waals surface area contributed by atoms with E-state index in [-0.39, 0.29) is 0 Å². The topological polar surface area (TPSA) is 46.8 Å². The maximum absolute atomic E-state index is 4.62. The van der Waals surface area contributed by atoms with Crippen molar-refractivity contribution in [2.75, 3.05) is 11.9 Å². The highest BCUT2D eigenvalue weighted by molar-refractivity contribution is 5.87. The average Bonchev–Trinajstić information content (AvgIpc) is 2.98. The van der Waals surface area contributed by atoms with E-state index in [0.717, 1.165) is 22.7 Å². The number of nitrogens with zero attached hydrogens (tertiary/aromatic N) is 5. The Labute approximate surface area is 107 Å². The molecule has 5 heteroatoms. The highest BCUT2D eigenvalue weighted by Gasteiger charge is 2.23. The van der Waals surface area contributed by atoms with Crippen LogP contribution in [-0.4, -0.2) is 32.8 Å². The lowest BCUT2D eigenvalue weighted by Crippen LogP contribution is -2.30. The minimum atomic E-state index is 0.614. The lowest BCUT2D eigenvalue weighted by molar-refractivity contribution is 0.647. The zero-order chi connectivity index (χ0) is 12.7. The van der Waals surface area contributed by atoms with Crippen LogP contribution in [-0.2, 0) is 7.05 Å². The van der Waals surface area contributed by atoms with E-state index in [0.29, 0.717) is 6.04 Å². The van der Waals surface area contributed by atoms with E-state index in [9.17, 15) is 0 Å². The molecule has 0 aromatic carbocycles. The van der Waals surface area contributed by atoms with Crippen LogP contribution in [0, 0.1) is 6.92 Å². The molecule has 0 atom stereocenters. The normalized spacial score (nSPS) is 16.6. The van der Waals surface area contributed by atoms with E-state index in [4.69, 9.17) is 0 Å². The molecule has 0 N–H and O–H groups in total. The second-order valence-electron chi connectivity index (χ2n) is 5.15. The first kappa shape index (κ1) is 11.4. The van der Waals surface area contributed by atoms with Crippen molar-refractivity contribution in [3.63, 3.8) is 0 Å². The van der Waals surface area contributed by atoms with Gasteiger partial charge in [-0.15, -0.1) is 0 Å². The van der Waals surface area contributed by atoms with Crippen LogP contribution in [0.2, 0.25) is 0 Å². The van der Waals surface area contributed by atoms with Gasteiger partial charge in [0.1, 0.15) is 11.6 Å². The molecule has 5 nitrogen and oxygen atoms in total. The molecule has 3 rings (SSSR count). The molecule has 1 saturated carbocycles. The molecule has 1 aliphatic rings. The van der Waals surface area contributed by atoms with Crippen molar-refractivity contribution in [3.8, 4) is 0 Å². The SMILES string of the molecule is Cc1nc(N(C)C2CCCC2)c2cnn(C)c2n1. The standard InChI is InChI=1S/C13H19N5/c1-9-15-12(17(2)10-6-4-5-7-10)11-8-14-18(3)13(11)16-9/h8,10H,4-7H2,1-3H3. The summed E-state index contributed by atoms with van der Waals surface area (Å²) in [5.74, 6) is 1.84. The Morgan fingerprint density at radius 1 is 1.28 bits per heavy atom. The summed E-state index contributed by atoms with van der Waals surface area (Å²) in [6.45, 7) is 1.94. The van der Waals surface area contributed by atoms with Crippen LogP contribution in [0.1, 0.15) is 31.5 Å². The van der Waals surface area contributed by atoms with Gasteiger partial charge < -0.3 is 4.90 Å². The molecule has 0 amide bonds. The molecule has 0 radical (unpaired) electrons. The van der Waals surface area contributed by atoms with Crippen LogP contribution in [0.15, 0.2) is 6.20 Å². The van der Waals surface area contributed by atoms with Crippen molar-refractivity contribution in [3.05, 3.63) is 12.0 Å². The summed E-state index contributed by atoms with van der Waals surface area (Å²) in [6.07, 6.45) is 7.06.